The number of cyclic esters (lactones) is 1. The summed E-state index contributed by atoms with van der Waals surface area (Å²) < 4.78 is 4.13. The average Bonchev–Trinajstić information content (AvgIpc) is 2.30. The van der Waals surface area contributed by atoms with Gasteiger partial charge in [0.1, 0.15) is 6.10 Å². The molecular weight excluding hydrogens is 184 g/mol. The molecule has 0 amide bonds. The molecule has 7 heteroatoms. The minimum Gasteiger partial charge on any atom is -0.425 e. The quantitative estimate of drug-likeness (QED) is 0.286. The molecule has 1 heterocycles. The molecule has 0 saturated carbocycles. The van der Waals surface area contributed by atoms with Crippen molar-refractivity contribution in [1.82, 2.24) is 0 Å². The van der Waals surface area contributed by atoms with Crippen LogP contribution < -0.4 is 0 Å². The van der Waals surface area contributed by atoms with Crippen LogP contribution in [0.3, 0.4) is 0 Å². The van der Waals surface area contributed by atoms with Crippen molar-refractivity contribution in [1.29, 1.82) is 0 Å². The summed E-state index contributed by atoms with van der Waals surface area (Å²) in [6.07, 6.45) is -5.74. The van der Waals surface area contributed by atoms with E-state index in [1.807, 2.05) is 0 Å². The van der Waals surface area contributed by atoms with E-state index in [9.17, 15) is 9.90 Å². The third-order valence-electron chi connectivity index (χ3n) is 1.88. The number of carbonyl (C=O) groups is 1. The summed E-state index contributed by atoms with van der Waals surface area (Å²) in [6.45, 7) is -0.909. The molecule has 1 rings (SSSR count). The number of esters is 1. The second-order valence-electron chi connectivity index (χ2n) is 2.76. The molecule has 5 N–H and O–H groups in total. The maximum absolute atomic E-state index is 10.6. The largest absolute Gasteiger partial charge is 0.425 e. The smallest absolute Gasteiger partial charge is 0.340 e. The van der Waals surface area contributed by atoms with Gasteiger partial charge in [-0.1, -0.05) is 0 Å². The van der Waals surface area contributed by atoms with Gasteiger partial charge >= 0.3 is 5.97 Å². The minimum absolute atomic E-state index is 0.909. The molecule has 4 atom stereocenters. The van der Waals surface area contributed by atoms with Gasteiger partial charge in [0.05, 0.1) is 6.61 Å². The van der Waals surface area contributed by atoms with Crippen LogP contribution >= 0.6 is 0 Å². The van der Waals surface area contributed by atoms with Crippen LogP contribution in [-0.2, 0) is 9.53 Å². The lowest BCUT2D eigenvalue weighted by Gasteiger charge is -2.28. The summed E-state index contributed by atoms with van der Waals surface area (Å²) in [4.78, 5) is 10.6. The van der Waals surface area contributed by atoms with Crippen molar-refractivity contribution in [2.24, 2.45) is 0 Å². The van der Waals surface area contributed by atoms with Crippen molar-refractivity contribution in [2.75, 3.05) is 6.61 Å². The number of ether oxygens (including phenoxy) is 1. The van der Waals surface area contributed by atoms with Crippen LogP contribution in [0.4, 0.5) is 0 Å². The molecule has 2 unspecified atom stereocenters. The second kappa shape index (κ2) is 3.20. The van der Waals surface area contributed by atoms with Crippen LogP contribution in [-0.4, -0.2) is 62.2 Å². The van der Waals surface area contributed by atoms with Gasteiger partial charge in [0.15, 0.2) is 12.2 Å². The Bertz CT molecular complexity index is 217. The first-order valence-electron chi connectivity index (χ1n) is 3.53. The molecule has 0 spiro atoms. The Kier molecular flexibility index (Phi) is 2.55. The maximum Gasteiger partial charge on any atom is 0.340 e. The van der Waals surface area contributed by atoms with Crippen LogP contribution in [0.5, 0.6) is 0 Å². The van der Waals surface area contributed by atoms with Crippen molar-refractivity contribution in [3.05, 3.63) is 0 Å². The van der Waals surface area contributed by atoms with E-state index in [-0.39, 0.29) is 0 Å². The zero-order valence-electron chi connectivity index (χ0n) is 6.49. The fourth-order valence-electron chi connectivity index (χ4n) is 1.03. The highest BCUT2D eigenvalue weighted by Crippen LogP contribution is 2.28. The van der Waals surface area contributed by atoms with Gasteiger partial charge in [-0.05, 0) is 0 Å². The highest BCUT2D eigenvalue weighted by molar-refractivity contribution is 5.78. The third-order valence-corrected chi connectivity index (χ3v) is 1.88. The van der Waals surface area contributed by atoms with Crippen molar-refractivity contribution < 1.29 is 35.1 Å². The molecule has 1 aliphatic rings. The molecule has 0 aromatic carbocycles. The summed E-state index contributed by atoms with van der Waals surface area (Å²) in [5.41, 5.74) is 0. The van der Waals surface area contributed by atoms with Crippen LogP contribution in [0.25, 0.3) is 0 Å². The second-order valence-corrected chi connectivity index (χ2v) is 2.76. The molecule has 0 aromatic heterocycles. The molecule has 1 saturated heterocycles. The number of aliphatic hydroxyl groups is 5. The first-order valence-corrected chi connectivity index (χ1v) is 3.53. The van der Waals surface area contributed by atoms with Crippen LogP contribution in [0.2, 0.25) is 0 Å². The number of rotatable bonds is 2. The Balaban J connectivity index is 2.87. The number of carbonyl (C=O) groups excluding carboxylic acids is 1. The SMILES string of the molecule is O=C1O[C@](O)([C@@H](O)CO)C(O)C1O. The first-order chi connectivity index (χ1) is 5.93. The van der Waals surface area contributed by atoms with E-state index in [0.29, 0.717) is 0 Å². The van der Waals surface area contributed by atoms with Gasteiger partial charge in [0, 0.05) is 0 Å². The molecule has 76 valence electrons. The summed E-state index contributed by atoms with van der Waals surface area (Å²) >= 11 is 0. The summed E-state index contributed by atoms with van der Waals surface area (Å²) in [7, 11) is 0. The molecule has 7 nitrogen and oxygen atoms in total. The molecular formula is C6H10O7. The Morgan fingerprint density at radius 1 is 1.54 bits per heavy atom. The fraction of sp³-hybridized carbons (Fsp3) is 0.833. The molecule has 0 bridgehead atoms. The van der Waals surface area contributed by atoms with Gasteiger partial charge in [0.25, 0.3) is 5.79 Å². The molecule has 13 heavy (non-hydrogen) atoms. The van der Waals surface area contributed by atoms with Gasteiger partial charge in [0.2, 0.25) is 0 Å². The van der Waals surface area contributed by atoms with Crippen molar-refractivity contribution in [3.63, 3.8) is 0 Å². The van der Waals surface area contributed by atoms with E-state index >= 15 is 0 Å². The first kappa shape index (κ1) is 10.4. The standard InChI is InChI=1S/C6H10O7/c7-1-2(8)6(12)4(10)3(9)5(11)13-6/h2-4,7-10,12H,1H2/t2-,3?,4?,6+/m0/s1. The molecule has 0 radical (unpaired) electrons. The van der Waals surface area contributed by atoms with Crippen molar-refractivity contribution in [2.45, 2.75) is 24.1 Å². The summed E-state index contributed by atoms with van der Waals surface area (Å²) in [6, 6.07) is 0. The van der Waals surface area contributed by atoms with Crippen molar-refractivity contribution >= 4 is 5.97 Å². The van der Waals surface area contributed by atoms with E-state index in [0.717, 1.165) is 0 Å². The third kappa shape index (κ3) is 1.40. The predicted octanol–water partition coefficient (Wildman–Crippen LogP) is -3.69. The minimum atomic E-state index is -2.63. The number of hydrogen-bond donors (Lipinski definition) is 5. The average molecular weight is 194 g/mol. The Labute approximate surface area is 72.8 Å². The number of hydrogen-bond acceptors (Lipinski definition) is 7. The van der Waals surface area contributed by atoms with Gasteiger partial charge in [-0.25, -0.2) is 4.79 Å². The lowest BCUT2D eigenvalue weighted by Crippen LogP contribution is -2.53. The summed E-state index contributed by atoms with van der Waals surface area (Å²) in [5, 5.41) is 44.7. The van der Waals surface area contributed by atoms with E-state index < -0.39 is 36.7 Å². The lowest BCUT2D eigenvalue weighted by atomic mass is 10.0. The molecule has 0 aromatic rings. The van der Waals surface area contributed by atoms with E-state index in [1.165, 1.54) is 0 Å². The Hall–Kier alpha value is -0.730. The highest BCUT2D eigenvalue weighted by atomic mass is 16.7. The van der Waals surface area contributed by atoms with Gasteiger partial charge < -0.3 is 30.3 Å². The van der Waals surface area contributed by atoms with E-state index in [2.05, 4.69) is 4.74 Å². The Morgan fingerprint density at radius 2 is 2.08 bits per heavy atom. The Morgan fingerprint density at radius 3 is 2.38 bits per heavy atom. The normalized spacial score (nSPS) is 41.8. The zero-order chi connectivity index (χ0) is 10.2. The summed E-state index contributed by atoms with van der Waals surface area (Å²) in [5.74, 6) is -3.88. The number of aliphatic hydroxyl groups excluding tert-OH is 4. The van der Waals surface area contributed by atoms with Crippen molar-refractivity contribution in [3.8, 4) is 0 Å². The van der Waals surface area contributed by atoms with Gasteiger partial charge in [-0.15, -0.1) is 0 Å². The monoisotopic (exact) mass is 194 g/mol. The zero-order valence-corrected chi connectivity index (χ0v) is 6.49. The predicted molar refractivity (Wildman–Crippen MR) is 36.1 cm³/mol. The van der Waals surface area contributed by atoms with Gasteiger partial charge in [-0.2, -0.15) is 0 Å². The van der Waals surface area contributed by atoms with Crippen LogP contribution in [0, 0.1) is 0 Å². The fourth-order valence-corrected chi connectivity index (χ4v) is 1.03. The highest BCUT2D eigenvalue weighted by Gasteiger charge is 2.58. The molecule has 1 aliphatic heterocycles. The van der Waals surface area contributed by atoms with Gasteiger partial charge in [-0.3, -0.25) is 0 Å². The van der Waals surface area contributed by atoms with E-state index in [1.54, 1.807) is 0 Å². The molecule has 1 fully saturated rings. The topological polar surface area (TPSA) is 127 Å². The van der Waals surface area contributed by atoms with Crippen LogP contribution in [0.15, 0.2) is 0 Å². The van der Waals surface area contributed by atoms with E-state index in [4.69, 9.17) is 20.4 Å². The van der Waals surface area contributed by atoms with Crippen LogP contribution in [0.1, 0.15) is 0 Å². The maximum atomic E-state index is 10.6. The molecule has 0 aliphatic carbocycles. The lowest BCUT2D eigenvalue weighted by molar-refractivity contribution is -0.266.